The van der Waals surface area contributed by atoms with Crippen molar-refractivity contribution in [2.75, 3.05) is 5.32 Å². The number of amides is 2. The van der Waals surface area contributed by atoms with Gasteiger partial charge in [-0.3, -0.25) is 0 Å². The van der Waals surface area contributed by atoms with E-state index in [-0.39, 0.29) is 6.03 Å². The van der Waals surface area contributed by atoms with Crippen LogP contribution in [0.4, 0.5) is 10.5 Å². The SMILES string of the molecule is CCc1ccccc1NC(=O)N/C=C/C1CC1. The maximum atomic E-state index is 11.6. The molecule has 2 amide bonds. The zero-order valence-electron chi connectivity index (χ0n) is 10.1. The minimum absolute atomic E-state index is 0.178. The van der Waals surface area contributed by atoms with Crippen molar-refractivity contribution >= 4 is 11.7 Å². The quantitative estimate of drug-likeness (QED) is 0.818. The minimum Gasteiger partial charge on any atom is -0.315 e. The van der Waals surface area contributed by atoms with Crippen molar-refractivity contribution in [3.63, 3.8) is 0 Å². The Bertz CT molecular complexity index is 422. The fourth-order valence-corrected chi connectivity index (χ4v) is 1.66. The molecule has 0 atom stereocenters. The maximum Gasteiger partial charge on any atom is 0.323 e. The Morgan fingerprint density at radius 3 is 2.88 bits per heavy atom. The predicted octanol–water partition coefficient (Wildman–Crippen LogP) is 3.29. The highest BCUT2D eigenvalue weighted by atomic mass is 16.2. The third kappa shape index (κ3) is 3.63. The van der Waals surface area contributed by atoms with Gasteiger partial charge in [-0.1, -0.05) is 31.2 Å². The average Bonchev–Trinajstić information content (AvgIpc) is 3.14. The van der Waals surface area contributed by atoms with E-state index in [1.807, 2.05) is 30.3 Å². The number of benzene rings is 1. The van der Waals surface area contributed by atoms with E-state index in [1.54, 1.807) is 6.20 Å². The van der Waals surface area contributed by atoms with Crippen molar-refractivity contribution in [3.05, 3.63) is 42.1 Å². The van der Waals surface area contributed by atoms with Gasteiger partial charge >= 0.3 is 6.03 Å². The molecule has 1 fully saturated rings. The standard InChI is InChI=1S/C14H18N2O/c1-2-12-5-3-4-6-13(12)16-14(17)15-10-9-11-7-8-11/h3-6,9-11H,2,7-8H2,1H3,(H2,15,16,17)/b10-9+. The largest absolute Gasteiger partial charge is 0.323 e. The summed E-state index contributed by atoms with van der Waals surface area (Å²) in [7, 11) is 0. The van der Waals surface area contributed by atoms with Crippen LogP contribution in [0.15, 0.2) is 36.5 Å². The second kappa shape index (κ2) is 5.53. The van der Waals surface area contributed by atoms with Crippen molar-refractivity contribution in [2.24, 2.45) is 5.92 Å². The summed E-state index contributed by atoms with van der Waals surface area (Å²) < 4.78 is 0. The summed E-state index contributed by atoms with van der Waals surface area (Å²) in [6, 6.07) is 7.67. The lowest BCUT2D eigenvalue weighted by Gasteiger charge is -2.08. The number of hydrogen-bond acceptors (Lipinski definition) is 1. The van der Waals surface area contributed by atoms with Crippen molar-refractivity contribution in [3.8, 4) is 0 Å². The van der Waals surface area contributed by atoms with Crippen LogP contribution in [0.2, 0.25) is 0 Å². The van der Waals surface area contributed by atoms with Crippen LogP contribution in [-0.4, -0.2) is 6.03 Å². The van der Waals surface area contributed by atoms with Crippen LogP contribution in [0.1, 0.15) is 25.3 Å². The van der Waals surface area contributed by atoms with Gasteiger partial charge in [0.25, 0.3) is 0 Å². The number of allylic oxidation sites excluding steroid dienone is 1. The molecule has 3 heteroatoms. The Morgan fingerprint density at radius 2 is 2.18 bits per heavy atom. The molecule has 0 radical (unpaired) electrons. The number of carbonyl (C=O) groups excluding carboxylic acids is 1. The van der Waals surface area contributed by atoms with Crippen LogP contribution >= 0.6 is 0 Å². The molecule has 1 aromatic carbocycles. The summed E-state index contributed by atoms with van der Waals surface area (Å²) in [5.41, 5.74) is 2.03. The number of urea groups is 1. The first-order valence-electron chi connectivity index (χ1n) is 6.11. The number of hydrogen-bond donors (Lipinski definition) is 2. The fraction of sp³-hybridized carbons (Fsp3) is 0.357. The molecule has 1 saturated carbocycles. The lowest BCUT2D eigenvalue weighted by molar-refractivity contribution is 0.255. The van der Waals surface area contributed by atoms with Crippen LogP contribution in [0, 0.1) is 5.92 Å². The number of para-hydroxylation sites is 1. The second-order valence-corrected chi connectivity index (χ2v) is 4.31. The Hall–Kier alpha value is -1.77. The second-order valence-electron chi connectivity index (χ2n) is 4.31. The van der Waals surface area contributed by atoms with Crippen molar-refractivity contribution in [1.82, 2.24) is 5.32 Å². The van der Waals surface area contributed by atoms with E-state index >= 15 is 0 Å². The summed E-state index contributed by atoms with van der Waals surface area (Å²) >= 11 is 0. The van der Waals surface area contributed by atoms with E-state index in [9.17, 15) is 4.79 Å². The van der Waals surface area contributed by atoms with E-state index in [2.05, 4.69) is 17.6 Å². The molecule has 17 heavy (non-hydrogen) atoms. The molecule has 90 valence electrons. The van der Waals surface area contributed by atoms with Gasteiger partial charge in [-0.15, -0.1) is 0 Å². The number of anilines is 1. The van der Waals surface area contributed by atoms with Crippen LogP contribution in [0.5, 0.6) is 0 Å². The normalized spacial score (nSPS) is 14.9. The van der Waals surface area contributed by atoms with Gasteiger partial charge in [0.1, 0.15) is 0 Å². The lowest BCUT2D eigenvalue weighted by Crippen LogP contribution is -2.24. The molecule has 2 N–H and O–H groups in total. The summed E-state index contributed by atoms with van der Waals surface area (Å²) in [6.07, 6.45) is 7.19. The van der Waals surface area contributed by atoms with Crippen molar-refractivity contribution < 1.29 is 4.79 Å². The van der Waals surface area contributed by atoms with Gasteiger partial charge in [0.2, 0.25) is 0 Å². The molecule has 1 aliphatic rings. The van der Waals surface area contributed by atoms with Crippen molar-refractivity contribution in [1.29, 1.82) is 0 Å². The lowest BCUT2D eigenvalue weighted by atomic mass is 10.1. The van der Waals surface area contributed by atoms with E-state index in [0.29, 0.717) is 5.92 Å². The molecular weight excluding hydrogens is 212 g/mol. The molecule has 0 heterocycles. The molecule has 0 bridgehead atoms. The summed E-state index contributed by atoms with van der Waals surface area (Å²) in [6.45, 7) is 2.07. The van der Waals surface area contributed by atoms with Crippen LogP contribution in [0.3, 0.4) is 0 Å². The molecule has 1 aromatic rings. The minimum atomic E-state index is -0.178. The Morgan fingerprint density at radius 1 is 1.41 bits per heavy atom. The van der Waals surface area contributed by atoms with E-state index in [4.69, 9.17) is 0 Å². The maximum absolute atomic E-state index is 11.6. The van der Waals surface area contributed by atoms with Crippen molar-refractivity contribution in [2.45, 2.75) is 26.2 Å². The number of aryl methyl sites for hydroxylation is 1. The Labute approximate surface area is 102 Å². The van der Waals surface area contributed by atoms with Crippen LogP contribution < -0.4 is 10.6 Å². The molecule has 2 rings (SSSR count). The van der Waals surface area contributed by atoms with Gasteiger partial charge in [-0.05, 0) is 36.8 Å². The van der Waals surface area contributed by atoms with Gasteiger partial charge in [-0.25, -0.2) is 4.79 Å². The number of carbonyl (C=O) groups is 1. The Kier molecular flexibility index (Phi) is 3.81. The molecule has 0 unspecified atom stereocenters. The monoisotopic (exact) mass is 230 g/mol. The van der Waals surface area contributed by atoms with Crippen LogP contribution in [0.25, 0.3) is 0 Å². The first-order valence-corrected chi connectivity index (χ1v) is 6.11. The molecular formula is C14H18N2O. The van der Waals surface area contributed by atoms with Crippen LogP contribution in [-0.2, 0) is 6.42 Å². The predicted molar refractivity (Wildman–Crippen MR) is 69.8 cm³/mol. The molecule has 1 aliphatic carbocycles. The highest BCUT2D eigenvalue weighted by molar-refractivity contribution is 5.90. The van der Waals surface area contributed by atoms with Gasteiger partial charge < -0.3 is 10.6 Å². The van der Waals surface area contributed by atoms with Gasteiger partial charge in [0, 0.05) is 11.9 Å². The van der Waals surface area contributed by atoms with E-state index < -0.39 is 0 Å². The van der Waals surface area contributed by atoms with E-state index in [0.717, 1.165) is 17.7 Å². The first kappa shape index (κ1) is 11.7. The molecule has 0 saturated heterocycles. The zero-order chi connectivity index (χ0) is 12.1. The average molecular weight is 230 g/mol. The fourth-order valence-electron chi connectivity index (χ4n) is 1.66. The van der Waals surface area contributed by atoms with E-state index in [1.165, 1.54) is 12.8 Å². The van der Waals surface area contributed by atoms with Gasteiger partial charge in [-0.2, -0.15) is 0 Å². The van der Waals surface area contributed by atoms with Gasteiger partial charge in [0.05, 0.1) is 0 Å². The molecule has 0 aliphatic heterocycles. The molecule has 0 aromatic heterocycles. The molecule has 3 nitrogen and oxygen atoms in total. The van der Waals surface area contributed by atoms with Gasteiger partial charge in [0.15, 0.2) is 0 Å². The smallest absolute Gasteiger partial charge is 0.315 e. The highest BCUT2D eigenvalue weighted by Gasteiger charge is 2.17. The first-order chi connectivity index (χ1) is 8.29. The summed E-state index contributed by atoms with van der Waals surface area (Å²) in [5, 5.41) is 5.58. The third-order valence-corrected chi connectivity index (χ3v) is 2.85. The molecule has 0 spiro atoms. The third-order valence-electron chi connectivity index (χ3n) is 2.85. The highest BCUT2D eigenvalue weighted by Crippen LogP contribution is 2.29. The Balaban J connectivity index is 1.88. The summed E-state index contributed by atoms with van der Waals surface area (Å²) in [5.74, 6) is 0.679. The topological polar surface area (TPSA) is 41.1 Å². The summed E-state index contributed by atoms with van der Waals surface area (Å²) in [4.78, 5) is 11.6. The number of nitrogens with one attached hydrogen (secondary N) is 2. The zero-order valence-corrected chi connectivity index (χ0v) is 10.1. The number of rotatable bonds is 4.